The maximum absolute atomic E-state index is 12.1. The first kappa shape index (κ1) is 15.1. The number of halogens is 3. The Morgan fingerprint density at radius 2 is 2.11 bits per heavy atom. The van der Waals surface area contributed by atoms with E-state index >= 15 is 0 Å². The van der Waals surface area contributed by atoms with Crippen LogP contribution in [0.25, 0.3) is 0 Å². The number of rotatable bonds is 4. The molecule has 5 heteroatoms. The fraction of sp³-hybridized carbons (Fsp3) is 0.500. The van der Waals surface area contributed by atoms with Crippen LogP contribution in [0.15, 0.2) is 22.7 Å². The van der Waals surface area contributed by atoms with Crippen molar-refractivity contribution in [2.75, 3.05) is 12.4 Å². The monoisotopic (exact) mass is 363 g/mol. The molecule has 1 amide bonds. The van der Waals surface area contributed by atoms with Crippen molar-refractivity contribution in [2.45, 2.75) is 19.3 Å². The molecule has 2 rings (SSSR count). The molecule has 1 aliphatic rings. The maximum Gasteiger partial charge on any atom is 0.252 e. The second kappa shape index (κ2) is 6.96. The largest absolute Gasteiger partial charge is 0.352 e. The molecule has 0 bridgehead atoms. The van der Waals surface area contributed by atoms with Gasteiger partial charge in [0.1, 0.15) is 0 Å². The van der Waals surface area contributed by atoms with E-state index in [1.807, 2.05) is 12.1 Å². The van der Waals surface area contributed by atoms with Gasteiger partial charge in [0.15, 0.2) is 0 Å². The van der Waals surface area contributed by atoms with Crippen LogP contribution in [0.3, 0.4) is 0 Å². The Kier molecular flexibility index (Phi) is 5.55. The highest BCUT2D eigenvalue weighted by Gasteiger charge is 2.26. The first-order chi connectivity index (χ1) is 9.13. The normalized spacial score (nSPS) is 22.5. The second-order valence-electron chi connectivity index (χ2n) is 4.92. The van der Waals surface area contributed by atoms with Gasteiger partial charge in [-0.1, -0.05) is 24.1 Å². The summed E-state index contributed by atoms with van der Waals surface area (Å²) in [6, 6.07) is 5.36. The number of hydrogen-bond acceptors (Lipinski definition) is 1. The van der Waals surface area contributed by atoms with Crippen LogP contribution < -0.4 is 5.32 Å². The summed E-state index contributed by atoms with van der Waals surface area (Å²) in [5, 5.41) is 3.43. The molecule has 2 atom stereocenters. The number of carbonyl (C=O) groups excluding carboxylic acids is 1. The highest BCUT2D eigenvalue weighted by atomic mass is 79.9. The fourth-order valence-electron chi connectivity index (χ4n) is 2.58. The fourth-order valence-corrected chi connectivity index (χ4v) is 3.57. The highest BCUT2D eigenvalue weighted by Crippen LogP contribution is 2.32. The summed E-state index contributed by atoms with van der Waals surface area (Å²) in [7, 11) is 0. The molecular formula is C14H16BrCl2NO. The van der Waals surface area contributed by atoms with Gasteiger partial charge in [0.2, 0.25) is 0 Å². The summed E-state index contributed by atoms with van der Waals surface area (Å²) < 4.78 is 0.737. The predicted molar refractivity (Wildman–Crippen MR) is 83.0 cm³/mol. The molecule has 1 aromatic carbocycles. The molecule has 1 aromatic rings. The van der Waals surface area contributed by atoms with Crippen LogP contribution in [-0.4, -0.2) is 18.3 Å². The summed E-state index contributed by atoms with van der Waals surface area (Å²) in [4.78, 5) is 12.1. The zero-order chi connectivity index (χ0) is 13.8. The Morgan fingerprint density at radius 3 is 2.84 bits per heavy atom. The van der Waals surface area contributed by atoms with E-state index in [2.05, 4.69) is 21.2 Å². The number of amides is 1. The van der Waals surface area contributed by atoms with Gasteiger partial charge in [-0.25, -0.2) is 0 Å². The van der Waals surface area contributed by atoms with Crippen LogP contribution in [0.4, 0.5) is 0 Å². The zero-order valence-electron chi connectivity index (χ0n) is 10.5. The lowest BCUT2D eigenvalue weighted by Gasteiger charge is -2.18. The van der Waals surface area contributed by atoms with Gasteiger partial charge in [-0.3, -0.25) is 4.79 Å². The van der Waals surface area contributed by atoms with E-state index in [1.165, 1.54) is 12.8 Å². The van der Waals surface area contributed by atoms with Crippen molar-refractivity contribution in [1.29, 1.82) is 0 Å². The second-order valence-corrected chi connectivity index (χ2v) is 6.46. The minimum absolute atomic E-state index is 0.119. The van der Waals surface area contributed by atoms with Gasteiger partial charge in [-0.05, 0) is 52.7 Å². The molecule has 2 unspecified atom stereocenters. The quantitative estimate of drug-likeness (QED) is 0.783. The maximum atomic E-state index is 12.1. The van der Waals surface area contributed by atoms with Crippen molar-refractivity contribution >= 4 is 45.0 Å². The van der Waals surface area contributed by atoms with Crippen molar-refractivity contribution in [3.05, 3.63) is 33.3 Å². The molecule has 19 heavy (non-hydrogen) atoms. The first-order valence-electron chi connectivity index (χ1n) is 6.41. The molecule has 0 aliphatic heterocycles. The van der Waals surface area contributed by atoms with Gasteiger partial charge in [0, 0.05) is 16.9 Å². The van der Waals surface area contributed by atoms with Crippen LogP contribution in [0.5, 0.6) is 0 Å². The summed E-state index contributed by atoms with van der Waals surface area (Å²) >= 11 is 15.4. The Hall–Kier alpha value is -0.250. The minimum atomic E-state index is -0.119. The van der Waals surface area contributed by atoms with Crippen molar-refractivity contribution in [3.8, 4) is 0 Å². The number of carbonyl (C=O) groups is 1. The molecule has 1 N–H and O–H groups in total. The standard InChI is InChI=1S/C14H16BrCl2NO/c15-12-6-2-5-11(13(12)17)14(19)18-8-10-4-1-3-9(10)7-16/h2,5-6,9-10H,1,3-4,7-8H2,(H,18,19). The number of alkyl halides is 1. The third kappa shape index (κ3) is 3.65. The SMILES string of the molecule is O=C(NCC1CCCC1CCl)c1cccc(Br)c1Cl. The topological polar surface area (TPSA) is 29.1 Å². The summed E-state index contributed by atoms with van der Waals surface area (Å²) in [6.45, 7) is 0.680. The van der Waals surface area contributed by atoms with E-state index in [4.69, 9.17) is 23.2 Å². The Balaban J connectivity index is 1.96. The Bertz CT molecular complexity index is 467. The van der Waals surface area contributed by atoms with Gasteiger partial charge in [-0.15, -0.1) is 11.6 Å². The molecule has 104 valence electrons. The Morgan fingerprint density at radius 1 is 1.37 bits per heavy atom. The van der Waals surface area contributed by atoms with Crippen molar-refractivity contribution in [3.63, 3.8) is 0 Å². The van der Waals surface area contributed by atoms with Crippen LogP contribution in [0, 0.1) is 11.8 Å². The van der Waals surface area contributed by atoms with E-state index in [1.54, 1.807) is 6.07 Å². The summed E-state index contributed by atoms with van der Waals surface area (Å²) in [6.07, 6.45) is 3.52. The molecule has 0 radical (unpaired) electrons. The number of hydrogen-bond donors (Lipinski definition) is 1. The van der Waals surface area contributed by atoms with Crippen molar-refractivity contribution < 1.29 is 4.79 Å². The number of benzene rings is 1. The van der Waals surface area contributed by atoms with Gasteiger partial charge < -0.3 is 5.32 Å². The van der Waals surface area contributed by atoms with Gasteiger partial charge >= 0.3 is 0 Å². The van der Waals surface area contributed by atoms with E-state index < -0.39 is 0 Å². The van der Waals surface area contributed by atoms with Crippen molar-refractivity contribution in [2.24, 2.45) is 11.8 Å². The summed E-state index contributed by atoms with van der Waals surface area (Å²) in [5.74, 6) is 1.58. The molecular weight excluding hydrogens is 349 g/mol. The lowest BCUT2D eigenvalue weighted by molar-refractivity contribution is 0.0945. The van der Waals surface area contributed by atoms with Crippen molar-refractivity contribution in [1.82, 2.24) is 5.32 Å². The molecule has 0 heterocycles. The Labute approximate surface area is 132 Å². The third-order valence-electron chi connectivity index (χ3n) is 3.74. The lowest BCUT2D eigenvalue weighted by Crippen LogP contribution is -2.31. The molecule has 0 spiro atoms. The smallest absolute Gasteiger partial charge is 0.252 e. The minimum Gasteiger partial charge on any atom is -0.352 e. The average molecular weight is 365 g/mol. The van der Waals surface area contributed by atoms with Gasteiger partial charge in [0.25, 0.3) is 5.91 Å². The van der Waals surface area contributed by atoms with Gasteiger partial charge in [-0.2, -0.15) is 0 Å². The van der Waals surface area contributed by atoms with E-state index in [0.29, 0.717) is 34.8 Å². The molecule has 1 saturated carbocycles. The van der Waals surface area contributed by atoms with Crippen LogP contribution in [0.2, 0.25) is 5.02 Å². The lowest BCUT2D eigenvalue weighted by atomic mass is 9.98. The first-order valence-corrected chi connectivity index (χ1v) is 8.12. The van der Waals surface area contributed by atoms with Crippen LogP contribution in [0.1, 0.15) is 29.6 Å². The average Bonchev–Trinajstić information content (AvgIpc) is 2.86. The molecule has 0 aromatic heterocycles. The van der Waals surface area contributed by atoms with Gasteiger partial charge in [0.05, 0.1) is 10.6 Å². The van der Waals surface area contributed by atoms with E-state index in [9.17, 15) is 4.79 Å². The zero-order valence-corrected chi connectivity index (χ0v) is 13.6. The molecule has 2 nitrogen and oxygen atoms in total. The number of nitrogens with one attached hydrogen (secondary N) is 1. The van der Waals surface area contributed by atoms with E-state index in [-0.39, 0.29) is 5.91 Å². The molecule has 0 saturated heterocycles. The molecule has 1 fully saturated rings. The van der Waals surface area contributed by atoms with Crippen LogP contribution in [-0.2, 0) is 0 Å². The van der Waals surface area contributed by atoms with Crippen LogP contribution >= 0.6 is 39.1 Å². The highest BCUT2D eigenvalue weighted by molar-refractivity contribution is 9.10. The molecule has 1 aliphatic carbocycles. The third-order valence-corrected chi connectivity index (χ3v) is 5.43. The predicted octanol–water partition coefficient (Wildman–Crippen LogP) is 4.49. The van der Waals surface area contributed by atoms with E-state index in [0.717, 1.165) is 10.9 Å². The summed E-state index contributed by atoms with van der Waals surface area (Å²) in [5.41, 5.74) is 0.511.